The minimum absolute atomic E-state index is 0.115. The van der Waals surface area contributed by atoms with Gasteiger partial charge in [0.15, 0.2) is 5.78 Å². The van der Waals surface area contributed by atoms with Crippen LogP contribution in [0.25, 0.3) is 0 Å². The Morgan fingerprint density at radius 1 is 1.62 bits per heavy atom. The molecule has 0 aliphatic carbocycles. The Hall–Kier alpha value is -0.600. The van der Waals surface area contributed by atoms with Crippen LogP contribution in [0, 0.1) is 0 Å². The van der Waals surface area contributed by atoms with E-state index in [9.17, 15) is 4.79 Å². The maximum absolute atomic E-state index is 11.5. The first kappa shape index (κ1) is 10.5. The van der Waals surface area contributed by atoms with Crippen LogP contribution < -0.4 is 0 Å². The van der Waals surface area contributed by atoms with Gasteiger partial charge in [0, 0.05) is 6.42 Å². The minimum Gasteiger partial charge on any atom is -0.293 e. The van der Waals surface area contributed by atoms with Crippen LogP contribution in [-0.4, -0.2) is 5.78 Å². The predicted molar refractivity (Wildman–Crippen MR) is 57.7 cm³/mol. The standard InChI is InChI=1S/C10H11ClOS/c1-3-7(2)6-8(12)9-4-5-10(11)13-9/h4-5H,2-3,6H2,1H3. The highest BCUT2D eigenvalue weighted by Crippen LogP contribution is 2.23. The molecule has 0 radical (unpaired) electrons. The van der Waals surface area contributed by atoms with Crippen molar-refractivity contribution in [2.75, 3.05) is 0 Å². The summed E-state index contributed by atoms with van der Waals surface area (Å²) in [6, 6.07) is 3.51. The zero-order valence-electron chi connectivity index (χ0n) is 7.47. The Morgan fingerprint density at radius 2 is 2.31 bits per heavy atom. The number of carbonyl (C=O) groups excluding carboxylic acids is 1. The van der Waals surface area contributed by atoms with Crippen molar-refractivity contribution in [1.82, 2.24) is 0 Å². The molecule has 3 heteroatoms. The van der Waals surface area contributed by atoms with E-state index in [-0.39, 0.29) is 5.78 Å². The number of hydrogen-bond donors (Lipinski definition) is 0. The Kier molecular flexibility index (Phi) is 3.70. The van der Waals surface area contributed by atoms with Gasteiger partial charge in [0.05, 0.1) is 9.21 Å². The van der Waals surface area contributed by atoms with Crippen molar-refractivity contribution in [2.45, 2.75) is 19.8 Å². The molecule has 1 rings (SSSR count). The lowest BCUT2D eigenvalue weighted by Crippen LogP contribution is -1.96. The van der Waals surface area contributed by atoms with Crippen LogP contribution in [0.5, 0.6) is 0 Å². The van der Waals surface area contributed by atoms with E-state index in [4.69, 9.17) is 11.6 Å². The molecule has 1 aromatic rings. The molecule has 0 aromatic carbocycles. The van der Waals surface area contributed by atoms with Crippen molar-refractivity contribution in [3.8, 4) is 0 Å². The summed E-state index contributed by atoms with van der Waals surface area (Å²) in [7, 11) is 0. The van der Waals surface area contributed by atoms with Crippen molar-refractivity contribution in [3.63, 3.8) is 0 Å². The molecule has 70 valence electrons. The van der Waals surface area contributed by atoms with E-state index in [1.807, 2.05) is 6.92 Å². The molecule has 0 aliphatic rings. The molecule has 1 nitrogen and oxygen atoms in total. The largest absolute Gasteiger partial charge is 0.293 e. The van der Waals surface area contributed by atoms with E-state index in [1.165, 1.54) is 11.3 Å². The summed E-state index contributed by atoms with van der Waals surface area (Å²) in [5.74, 6) is 0.115. The summed E-state index contributed by atoms with van der Waals surface area (Å²) in [6.45, 7) is 5.79. The quantitative estimate of drug-likeness (QED) is 0.548. The average molecular weight is 215 g/mol. The van der Waals surface area contributed by atoms with Gasteiger partial charge in [0.25, 0.3) is 0 Å². The Labute approximate surface area is 87.0 Å². The summed E-state index contributed by atoms with van der Waals surface area (Å²) >= 11 is 7.04. The monoisotopic (exact) mass is 214 g/mol. The normalized spacial score (nSPS) is 10.0. The highest BCUT2D eigenvalue weighted by atomic mass is 35.5. The van der Waals surface area contributed by atoms with Crippen molar-refractivity contribution in [3.05, 3.63) is 33.5 Å². The number of thiophene rings is 1. The summed E-state index contributed by atoms with van der Waals surface area (Å²) < 4.78 is 0.658. The number of ketones is 1. The average Bonchev–Trinajstić information content (AvgIpc) is 2.51. The van der Waals surface area contributed by atoms with Crippen LogP contribution in [0.1, 0.15) is 29.4 Å². The van der Waals surface area contributed by atoms with Crippen LogP contribution >= 0.6 is 22.9 Å². The van der Waals surface area contributed by atoms with Gasteiger partial charge in [-0.15, -0.1) is 11.3 Å². The number of halogens is 1. The van der Waals surface area contributed by atoms with E-state index in [0.717, 1.165) is 16.9 Å². The van der Waals surface area contributed by atoms with Gasteiger partial charge < -0.3 is 0 Å². The third-order valence-electron chi connectivity index (χ3n) is 1.76. The number of carbonyl (C=O) groups is 1. The van der Waals surface area contributed by atoms with Crippen LogP contribution in [0.15, 0.2) is 24.3 Å². The van der Waals surface area contributed by atoms with E-state index in [0.29, 0.717) is 10.8 Å². The highest BCUT2D eigenvalue weighted by molar-refractivity contribution is 7.18. The lowest BCUT2D eigenvalue weighted by atomic mass is 10.1. The summed E-state index contributed by atoms with van der Waals surface area (Å²) in [5, 5.41) is 0. The first-order valence-electron chi connectivity index (χ1n) is 4.08. The second-order valence-corrected chi connectivity index (χ2v) is 4.52. The number of rotatable bonds is 4. The summed E-state index contributed by atoms with van der Waals surface area (Å²) in [4.78, 5) is 12.2. The van der Waals surface area contributed by atoms with Crippen LogP contribution in [0.4, 0.5) is 0 Å². The lowest BCUT2D eigenvalue weighted by molar-refractivity contribution is 0.0996. The summed E-state index contributed by atoms with van der Waals surface area (Å²) in [5.41, 5.74) is 0.967. The maximum Gasteiger partial charge on any atom is 0.176 e. The van der Waals surface area contributed by atoms with Gasteiger partial charge in [-0.3, -0.25) is 4.79 Å². The third kappa shape index (κ3) is 2.98. The predicted octanol–water partition coefficient (Wildman–Crippen LogP) is 3.94. The van der Waals surface area contributed by atoms with Crippen LogP contribution in [-0.2, 0) is 0 Å². The van der Waals surface area contributed by atoms with E-state index in [2.05, 4.69) is 6.58 Å². The molecular weight excluding hydrogens is 204 g/mol. The second-order valence-electron chi connectivity index (χ2n) is 2.81. The zero-order chi connectivity index (χ0) is 9.84. The number of Topliss-reactive ketones (excluding diaryl/α,β-unsaturated/α-hetero) is 1. The minimum atomic E-state index is 0.115. The first-order chi connectivity index (χ1) is 6.13. The molecule has 0 saturated carbocycles. The molecule has 0 unspecified atom stereocenters. The molecule has 1 aromatic heterocycles. The molecule has 0 N–H and O–H groups in total. The van der Waals surface area contributed by atoms with Gasteiger partial charge in [0.2, 0.25) is 0 Å². The van der Waals surface area contributed by atoms with E-state index < -0.39 is 0 Å². The Morgan fingerprint density at radius 3 is 2.77 bits per heavy atom. The summed E-state index contributed by atoms with van der Waals surface area (Å²) in [6.07, 6.45) is 1.29. The smallest absolute Gasteiger partial charge is 0.176 e. The molecule has 0 amide bonds. The zero-order valence-corrected chi connectivity index (χ0v) is 9.04. The lowest BCUT2D eigenvalue weighted by Gasteiger charge is -1.98. The van der Waals surface area contributed by atoms with Gasteiger partial charge in [-0.25, -0.2) is 0 Å². The molecule has 0 spiro atoms. The third-order valence-corrected chi connectivity index (χ3v) is 3.03. The Balaban J connectivity index is 2.64. The van der Waals surface area contributed by atoms with E-state index in [1.54, 1.807) is 12.1 Å². The Bertz CT molecular complexity index is 327. The van der Waals surface area contributed by atoms with Crippen LogP contribution in [0.2, 0.25) is 4.34 Å². The SMILES string of the molecule is C=C(CC)CC(=O)c1ccc(Cl)s1. The fourth-order valence-corrected chi connectivity index (χ4v) is 1.88. The molecule has 13 heavy (non-hydrogen) atoms. The van der Waals surface area contributed by atoms with Gasteiger partial charge in [-0.2, -0.15) is 0 Å². The number of allylic oxidation sites excluding steroid dienone is 1. The molecule has 0 saturated heterocycles. The van der Waals surface area contributed by atoms with Gasteiger partial charge in [-0.1, -0.05) is 30.7 Å². The van der Waals surface area contributed by atoms with Crippen LogP contribution in [0.3, 0.4) is 0 Å². The van der Waals surface area contributed by atoms with Crippen molar-refractivity contribution < 1.29 is 4.79 Å². The molecular formula is C10H11ClOS. The molecule has 1 heterocycles. The number of hydrogen-bond acceptors (Lipinski definition) is 2. The highest BCUT2D eigenvalue weighted by Gasteiger charge is 2.09. The molecule has 0 fully saturated rings. The maximum atomic E-state index is 11.5. The fraction of sp³-hybridized carbons (Fsp3) is 0.300. The topological polar surface area (TPSA) is 17.1 Å². The van der Waals surface area contributed by atoms with E-state index >= 15 is 0 Å². The van der Waals surface area contributed by atoms with Gasteiger partial charge in [0.1, 0.15) is 0 Å². The van der Waals surface area contributed by atoms with Crippen molar-refractivity contribution in [2.24, 2.45) is 0 Å². The fourth-order valence-electron chi connectivity index (χ4n) is 0.903. The second kappa shape index (κ2) is 4.58. The first-order valence-corrected chi connectivity index (χ1v) is 5.28. The van der Waals surface area contributed by atoms with Crippen molar-refractivity contribution in [1.29, 1.82) is 0 Å². The van der Waals surface area contributed by atoms with Crippen molar-refractivity contribution >= 4 is 28.7 Å². The molecule has 0 atom stereocenters. The molecule has 0 aliphatic heterocycles. The van der Waals surface area contributed by atoms with Gasteiger partial charge in [-0.05, 0) is 18.6 Å². The molecule has 0 bridgehead atoms. The van der Waals surface area contributed by atoms with Gasteiger partial charge >= 0.3 is 0 Å².